The minimum atomic E-state index is 0.518. The summed E-state index contributed by atoms with van der Waals surface area (Å²) in [5.41, 5.74) is 20.5. The maximum atomic E-state index is 5.61. The van der Waals surface area contributed by atoms with Crippen LogP contribution in [-0.4, -0.2) is 33.6 Å². The molecule has 6 heterocycles. The number of allylic oxidation sites excluding steroid dienone is 7. The van der Waals surface area contributed by atoms with E-state index in [1.165, 1.54) is 55.7 Å². The van der Waals surface area contributed by atoms with Crippen molar-refractivity contribution < 1.29 is 0 Å². The lowest BCUT2D eigenvalue weighted by Gasteiger charge is -2.34. The molecule has 78 heavy (non-hydrogen) atoms. The molecule has 8 heteroatoms. The molecule has 15 rings (SSSR count). The molecule has 3 aliphatic rings. The van der Waals surface area contributed by atoms with Gasteiger partial charge in [-0.1, -0.05) is 160 Å². The van der Waals surface area contributed by atoms with Gasteiger partial charge < -0.3 is 14.0 Å². The molecule has 0 spiro atoms. The number of pyridine rings is 1. The number of anilines is 3. The highest BCUT2D eigenvalue weighted by atomic mass is 15.2. The largest absolute Gasteiger partial charge is 0.310 e. The van der Waals surface area contributed by atoms with Crippen LogP contribution in [0.25, 0.3) is 101 Å². The van der Waals surface area contributed by atoms with Gasteiger partial charge in [0.2, 0.25) is 5.95 Å². The van der Waals surface area contributed by atoms with Gasteiger partial charge in [-0.3, -0.25) is 9.55 Å². The van der Waals surface area contributed by atoms with E-state index in [1.54, 1.807) is 0 Å². The summed E-state index contributed by atoms with van der Waals surface area (Å²) in [6.07, 6.45) is 23.6. The standard InChI is InChI=1S/C70H56N8/c1-3-19-45-21-18-32-62-56(39-45)55-37-36-54-57-40-46(20-4-2)33-38-63(57)77(52-35-34-49-41-48-24-14-16-30-60(48)75(64(49)42-52)50-25-10-6-11-26-50)66(54)67(55)78(62)70-73-68(47-22-8-5-9-23-47)72-69(74-70)59-43-58-53-29-15-17-31-61(53)76(65(58)44-71-59)51-27-12-7-13-28-51/h5-6,8-12,14-18,21-31,33-40,42-44H,3-4,7,13,19-20,32,41H2,1-2H3. The molecule has 0 saturated carbocycles. The summed E-state index contributed by atoms with van der Waals surface area (Å²) in [6.45, 7) is 4.53. The number of aryl methyl sites for hydroxylation is 1. The average molecular weight is 1010 g/mol. The summed E-state index contributed by atoms with van der Waals surface area (Å²) in [6, 6.07) is 59.8. The van der Waals surface area contributed by atoms with E-state index < -0.39 is 0 Å². The Labute approximate surface area is 453 Å². The van der Waals surface area contributed by atoms with Crippen LogP contribution in [0.15, 0.2) is 206 Å². The van der Waals surface area contributed by atoms with E-state index in [0.29, 0.717) is 29.7 Å². The predicted octanol–water partition coefficient (Wildman–Crippen LogP) is 17.6. The SMILES string of the molecule is CCCC1=Cc2c(n(-c3nc(-c4ccccc4)nc(-c4cc5c6ccccc6n(C6=CCCC=C6)c5cn4)n3)c3c2ccc2c4cc(CCC)ccc4n(-c4ccc5c(c4)N(c4ccccc4)c4ccccc4C5)c23)CC=C1. The van der Waals surface area contributed by atoms with Crippen molar-refractivity contribution in [1.82, 2.24) is 33.6 Å². The molecule has 1 aliphatic heterocycles. The molecule has 376 valence electrons. The second kappa shape index (κ2) is 18.7. The van der Waals surface area contributed by atoms with E-state index in [2.05, 4.69) is 227 Å². The summed E-state index contributed by atoms with van der Waals surface area (Å²) in [4.78, 5) is 24.2. The number of benzene rings is 7. The number of hydrogen-bond acceptors (Lipinski definition) is 5. The monoisotopic (exact) mass is 1010 g/mol. The van der Waals surface area contributed by atoms with Gasteiger partial charge in [-0.25, -0.2) is 4.98 Å². The van der Waals surface area contributed by atoms with Crippen LogP contribution >= 0.6 is 0 Å². The van der Waals surface area contributed by atoms with Gasteiger partial charge in [0.25, 0.3) is 0 Å². The van der Waals surface area contributed by atoms with Crippen molar-refractivity contribution in [2.24, 2.45) is 0 Å². The third-order valence-electron chi connectivity index (χ3n) is 16.2. The van der Waals surface area contributed by atoms with E-state index in [1.807, 2.05) is 12.3 Å². The first-order chi connectivity index (χ1) is 38.6. The molecule has 0 unspecified atom stereocenters. The highest BCUT2D eigenvalue weighted by Gasteiger charge is 2.29. The van der Waals surface area contributed by atoms with Gasteiger partial charge in [-0.2, -0.15) is 9.97 Å². The fourth-order valence-electron chi connectivity index (χ4n) is 12.7. The molecule has 2 aliphatic carbocycles. The minimum Gasteiger partial charge on any atom is -0.310 e. The molecule has 8 nitrogen and oxygen atoms in total. The third kappa shape index (κ3) is 7.42. The summed E-state index contributed by atoms with van der Waals surface area (Å²) in [7, 11) is 0. The van der Waals surface area contributed by atoms with Crippen LogP contribution in [0.4, 0.5) is 17.1 Å². The molecular formula is C70H56N8. The molecule has 0 atom stereocenters. The molecule has 0 fully saturated rings. The Morgan fingerprint density at radius 1 is 0.513 bits per heavy atom. The first kappa shape index (κ1) is 45.9. The van der Waals surface area contributed by atoms with Crippen molar-refractivity contribution >= 4 is 83.3 Å². The molecule has 12 aromatic rings. The smallest absolute Gasteiger partial charge is 0.238 e. The molecule has 7 aromatic carbocycles. The lowest BCUT2D eigenvalue weighted by molar-refractivity contribution is 0.887. The van der Waals surface area contributed by atoms with Crippen molar-refractivity contribution in [2.75, 3.05) is 4.90 Å². The molecule has 5 aromatic heterocycles. The van der Waals surface area contributed by atoms with Gasteiger partial charge in [-0.05, 0) is 115 Å². The zero-order chi connectivity index (χ0) is 51.8. The first-order valence-electron chi connectivity index (χ1n) is 27.8. The van der Waals surface area contributed by atoms with Crippen molar-refractivity contribution in [3.8, 4) is 34.5 Å². The van der Waals surface area contributed by atoms with Crippen LogP contribution in [0.1, 0.15) is 73.9 Å². The van der Waals surface area contributed by atoms with Crippen molar-refractivity contribution in [3.63, 3.8) is 0 Å². The Kier molecular flexibility index (Phi) is 11.0. The predicted molar refractivity (Wildman–Crippen MR) is 323 cm³/mol. The van der Waals surface area contributed by atoms with E-state index >= 15 is 0 Å². The fourth-order valence-corrected chi connectivity index (χ4v) is 12.7. The van der Waals surface area contributed by atoms with E-state index in [-0.39, 0.29) is 0 Å². The maximum absolute atomic E-state index is 5.61. The molecular weight excluding hydrogens is 953 g/mol. The van der Waals surface area contributed by atoms with E-state index in [9.17, 15) is 0 Å². The van der Waals surface area contributed by atoms with E-state index in [0.717, 1.165) is 111 Å². The highest BCUT2D eigenvalue weighted by Crippen LogP contribution is 2.47. The zero-order valence-electron chi connectivity index (χ0n) is 43.9. The Morgan fingerprint density at radius 3 is 2.13 bits per heavy atom. The molecule has 0 radical (unpaired) electrons. The van der Waals surface area contributed by atoms with Gasteiger partial charge in [-0.15, -0.1) is 0 Å². The Morgan fingerprint density at radius 2 is 1.27 bits per heavy atom. The lowest BCUT2D eigenvalue weighted by Crippen LogP contribution is -2.18. The van der Waals surface area contributed by atoms with Gasteiger partial charge in [0.1, 0.15) is 5.69 Å². The van der Waals surface area contributed by atoms with Crippen molar-refractivity contribution in [2.45, 2.75) is 65.2 Å². The molecule has 0 amide bonds. The summed E-state index contributed by atoms with van der Waals surface area (Å²) < 4.78 is 7.24. The van der Waals surface area contributed by atoms with Crippen LogP contribution < -0.4 is 4.90 Å². The lowest BCUT2D eigenvalue weighted by atomic mass is 9.94. The number of aromatic nitrogens is 7. The Balaban J connectivity index is 1.03. The van der Waals surface area contributed by atoms with E-state index in [4.69, 9.17) is 19.9 Å². The van der Waals surface area contributed by atoms with Crippen LogP contribution in [0.2, 0.25) is 0 Å². The highest BCUT2D eigenvalue weighted by molar-refractivity contribution is 6.20. The topological polar surface area (TPSA) is 69.6 Å². The third-order valence-corrected chi connectivity index (χ3v) is 16.2. The second-order valence-corrected chi connectivity index (χ2v) is 21.1. The van der Waals surface area contributed by atoms with Gasteiger partial charge in [0.15, 0.2) is 11.6 Å². The summed E-state index contributed by atoms with van der Waals surface area (Å²) in [5, 5.41) is 5.83. The first-order valence-corrected chi connectivity index (χ1v) is 27.8. The van der Waals surface area contributed by atoms with Crippen molar-refractivity contribution in [1.29, 1.82) is 0 Å². The summed E-state index contributed by atoms with van der Waals surface area (Å²) >= 11 is 0. The van der Waals surface area contributed by atoms with Gasteiger partial charge in [0.05, 0.1) is 39.5 Å². The van der Waals surface area contributed by atoms with Crippen LogP contribution in [-0.2, 0) is 19.3 Å². The quantitative estimate of drug-likeness (QED) is 0.137. The number of rotatable bonds is 10. The fraction of sp³-hybridized carbons (Fsp3) is 0.143. The average Bonchev–Trinajstić information content (AvgIpc) is 4.25. The Hall–Kier alpha value is -9.40. The van der Waals surface area contributed by atoms with Gasteiger partial charge in [0, 0.05) is 79.4 Å². The number of para-hydroxylation sites is 3. The maximum Gasteiger partial charge on any atom is 0.238 e. The number of nitrogens with zero attached hydrogens (tertiary/aromatic N) is 8. The number of hydrogen-bond donors (Lipinski definition) is 0. The van der Waals surface area contributed by atoms with Gasteiger partial charge >= 0.3 is 0 Å². The van der Waals surface area contributed by atoms with Crippen molar-refractivity contribution in [3.05, 3.63) is 234 Å². The minimum absolute atomic E-state index is 0.518. The number of fused-ring (bicyclic) bond motifs is 12. The second-order valence-electron chi connectivity index (χ2n) is 21.1. The summed E-state index contributed by atoms with van der Waals surface area (Å²) in [5.74, 6) is 1.66. The van der Waals surface area contributed by atoms with Crippen LogP contribution in [0, 0.1) is 0 Å². The van der Waals surface area contributed by atoms with Crippen LogP contribution in [0.5, 0.6) is 0 Å². The molecule has 0 bridgehead atoms. The zero-order valence-corrected chi connectivity index (χ0v) is 43.9. The Bertz CT molecular complexity index is 4520. The molecule has 0 N–H and O–H groups in total. The van der Waals surface area contributed by atoms with Crippen LogP contribution in [0.3, 0.4) is 0 Å². The normalized spacial score (nSPS) is 14.1. The molecule has 0 saturated heterocycles.